The monoisotopic (exact) mass is 488 g/mol. The zero-order chi connectivity index (χ0) is 24.5. The van der Waals surface area contributed by atoms with Crippen LogP contribution >= 0.6 is 0 Å². The van der Waals surface area contributed by atoms with Crippen LogP contribution in [0.5, 0.6) is 5.75 Å². The molecule has 0 radical (unpaired) electrons. The maximum atomic E-state index is 13.1. The number of hydrogen-bond donors (Lipinski definition) is 0. The standard InChI is InChI=1S/C22H24N4O7S/c1-33-20-5-3-2-4-19(20)25-15-16(14-21(25)27)22(28)23-10-12-24(13-11-23)34(31,32)18-8-6-17(7-9-18)26(29)30/h2-9,16H,10-15H2,1H3. The van der Waals surface area contributed by atoms with Crippen LogP contribution in [0.15, 0.2) is 53.4 Å². The minimum atomic E-state index is -3.84. The van der Waals surface area contributed by atoms with Crippen LogP contribution in [0.4, 0.5) is 11.4 Å². The normalized spacial score (nSPS) is 19.3. The molecule has 12 heteroatoms. The molecular weight excluding hydrogens is 464 g/mol. The Morgan fingerprint density at radius 1 is 1.06 bits per heavy atom. The van der Waals surface area contributed by atoms with Gasteiger partial charge in [0.05, 0.1) is 28.5 Å². The summed E-state index contributed by atoms with van der Waals surface area (Å²) < 4.78 is 32.4. The largest absolute Gasteiger partial charge is 0.495 e. The SMILES string of the molecule is COc1ccccc1N1CC(C(=O)N2CCN(S(=O)(=O)c3ccc([N+](=O)[O-])cc3)CC2)CC1=O. The van der Waals surface area contributed by atoms with Gasteiger partial charge in [-0.2, -0.15) is 4.31 Å². The summed E-state index contributed by atoms with van der Waals surface area (Å²) in [4.78, 5) is 39.0. The molecule has 2 aromatic rings. The van der Waals surface area contributed by atoms with Crippen molar-refractivity contribution in [3.63, 3.8) is 0 Å². The maximum Gasteiger partial charge on any atom is 0.269 e. The lowest BCUT2D eigenvalue weighted by Crippen LogP contribution is -2.52. The van der Waals surface area contributed by atoms with Crippen molar-refractivity contribution in [1.29, 1.82) is 0 Å². The first-order valence-corrected chi connectivity index (χ1v) is 12.1. The van der Waals surface area contributed by atoms with Crippen LogP contribution in [0, 0.1) is 16.0 Å². The van der Waals surface area contributed by atoms with Gasteiger partial charge in [0, 0.05) is 51.3 Å². The van der Waals surface area contributed by atoms with E-state index in [0.717, 1.165) is 12.1 Å². The number of carbonyl (C=O) groups excluding carboxylic acids is 2. The van der Waals surface area contributed by atoms with Crippen LogP contribution in [0.1, 0.15) is 6.42 Å². The van der Waals surface area contributed by atoms with Crippen molar-refractivity contribution in [2.24, 2.45) is 5.92 Å². The Hall–Kier alpha value is -3.51. The summed E-state index contributed by atoms with van der Waals surface area (Å²) in [6.45, 7) is 0.831. The molecule has 2 saturated heterocycles. The predicted octanol–water partition coefficient (Wildman–Crippen LogP) is 1.49. The number of methoxy groups -OCH3 is 1. The Bertz CT molecular complexity index is 1210. The molecule has 0 bridgehead atoms. The van der Waals surface area contributed by atoms with E-state index in [1.54, 1.807) is 34.1 Å². The highest BCUT2D eigenvalue weighted by molar-refractivity contribution is 7.89. The number of non-ortho nitro benzene ring substituents is 1. The third kappa shape index (κ3) is 4.46. The van der Waals surface area contributed by atoms with Crippen LogP contribution in [0.25, 0.3) is 0 Å². The summed E-state index contributed by atoms with van der Waals surface area (Å²) in [6, 6.07) is 11.8. The molecule has 34 heavy (non-hydrogen) atoms. The second-order valence-corrected chi connectivity index (χ2v) is 10.00. The van der Waals surface area contributed by atoms with Crippen molar-refractivity contribution in [3.8, 4) is 5.75 Å². The Kier molecular flexibility index (Phi) is 6.53. The first kappa shape index (κ1) is 23.6. The molecular formula is C22H24N4O7S. The second-order valence-electron chi connectivity index (χ2n) is 8.06. The predicted molar refractivity (Wildman–Crippen MR) is 122 cm³/mol. The summed E-state index contributed by atoms with van der Waals surface area (Å²) in [5.41, 5.74) is 0.423. The topological polar surface area (TPSA) is 130 Å². The van der Waals surface area contributed by atoms with Crippen molar-refractivity contribution in [3.05, 3.63) is 58.6 Å². The van der Waals surface area contributed by atoms with E-state index >= 15 is 0 Å². The first-order chi connectivity index (χ1) is 16.2. The molecule has 2 fully saturated rings. The molecule has 2 aliphatic rings. The fourth-order valence-corrected chi connectivity index (χ4v) is 5.68. The van der Waals surface area contributed by atoms with E-state index in [0.29, 0.717) is 11.4 Å². The smallest absolute Gasteiger partial charge is 0.269 e. The molecule has 2 aliphatic heterocycles. The lowest BCUT2D eigenvalue weighted by atomic mass is 10.1. The number of rotatable bonds is 6. The minimum absolute atomic E-state index is 0.0354. The molecule has 2 aromatic carbocycles. The maximum absolute atomic E-state index is 13.1. The van der Waals surface area contributed by atoms with Crippen molar-refractivity contribution in [2.45, 2.75) is 11.3 Å². The molecule has 0 aromatic heterocycles. The van der Waals surface area contributed by atoms with E-state index in [2.05, 4.69) is 0 Å². The third-order valence-electron chi connectivity index (χ3n) is 6.09. The number of nitrogens with zero attached hydrogens (tertiary/aromatic N) is 4. The Morgan fingerprint density at radius 2 is 1.71 bits per heavy atom. The van der Waals surface area contributed by atoms with Gasteiger partial charge in [0.15, 0.2) is 0 Å². The number of carbonyl (C=O) groups is 2. The van der Waals surface area contributed by atoms with E-state index in [1.165, 1.54) is 23.5 Å². The number of nitro groups is 1. The molecule has 0 saturated carbocycles. The van der Waals surface area contributed by atoms with Gasteiger partial charge in [-0.05, 0) is 24.3 Å². The highest BCUT2D eigenvalue weighted by Crippen LogP contribution is 2.33. The van der Waals surface area contributed by atoms with Gasteiger partial charge in [-0.1, -0.05) is 12.1 Å². The molecule has 2 heterocycles. The number of piperazine rings is 1. The fraction of sp³-hybridized carbons (Fsp3) is 0.364. The molecule has 4 rings (SSSR count). The van der Waals surface area contributed by atoms with E-state index in [4.69, 9.17) is 4.74 Å². The van der Waals surface area contributed by atoms with Crippen molar-refractivity contribution in [1.82, 2.24) is 9.21 Å². The zero-order valence-corrected chi connectivity index (χ0v) is 19.3. The summed E-state index contributed by atoms with van der Waals surface area (Å²) >= 11 is 0. The van der Waals surface area contributed by atoms with Gasteiger partial charge in [-0.3, -0.25) is 19.7 Å². The number of hydrogen-bond acceptors (Lipinski definition) is 7. The first-order valence-electron chi connectivity index (χ1n) is 10.7. The molecule has 0 aliphatic carbocycles. The lowest BCUT2D eigenvalue weighted by Gasteiger charge is -2.35. The van der Waals surface area contributed by atoms with Gasteiger partial charge < -0.3 is 14.5 Å². The molecule has 0 N–H and O–H groups in total. The molecule has 0 spiro atoms. The number of sulfonamides is 1. The van der Waals surface area contributed by atoms with Crippen LogP contribution in [-0.2, 0) is 19.6 Å². The van der Waals surface area contributed by atoms with E-state index in [9.17, 15) is 28.1 Å². The number of amides is 2. The van der Waals surface area contributed by atoms with E-state index in [-0.39, 0.29) is 61.5 Å². The molecule has 1 atom stereocenters. The van der Waals surface area contributed by atoms with Crippen LogP contribution in [0.2, 0.25) is 0 Å². The third-order valence-corrected chi connectivity index (χ3v) is 8.00. The Labute approximate surface area is 196 Å². The van der Waals surface area contributed by atoms with Crippen molar-refractivity contribution >= 4 is 33.2 Å². The average Bonchev–Trinajstić information content (AvgIpc) is 3.24. The van der Waals surface area contributed by atoms with Crippen LogP contribution in [0.3, 0.4) is 0 Å². The number of ether oxygens (including phenoxy) is 1. The van der Waals surface area contributed by atoms with Gasteiger partial charge in [-0.15, -0.1) is 0 Å². The highest BCUT2D eigenvalue weighted by atomic mass is 32.2. The molecule has 11 nitrogen and oxygen atoms in total. The summed E-state index contributed by atoms with van der Waals surface area (Å²) in [5.74, 6) is -0.315. The number of benzene rings is 2. The van der Waals surface area contributed by atoms with Gasteiger partial charge >= 0.3 is 0 Å². The van der Waals surface area contributed by atoms with Gasteiger partial charge in [0.25, 0.3) is 5.69 Å². The fourth-order valence-electron chi connectivity index (χ4n) is 4.25. The zero-order valence-electron chi connectivity index (χ0n) is 18.5. The number of anilines is 1. The highest BCUT2D eigenvalue weighted by Gasteiger charge is 2.39. The van der Waals surface area contributed by atoms with E-state index in [1.807, 2.05) is 0 Å². The minimum Gasteiger partial charge on any atom is -0.495 e. The van der Waals surface area contributed by atoms with Gasteiger partial charge in [0.2, 0.25) is 21.8 Å². The second kappa shape index (κ2) is 9.39. The van der Waals surface area contributed by atoms with E-state index < -0.39 is 20.9 Å². The van der Waals surface area contributed by atoms with Crippen LogP contribution < -0.4 is 9.64 Å². The molecule has 180 valence electrons. The quantitative estimate of drug-likeness (QED) is 0.445. The average molecular weight is 489 g/mol. The summed E-state index contributed by atoms with van der Waals surface area (Å²) in [6.07, 6.45) is 0.0815. The Morgan fingerprint density at radius 3 is 2.32 bits per heavy atom. The summed E-state index contributed by atoms with van der Waals surface area (Å²) in [5, 5.41) is 10.8. The molecule has 2 amide bonds. The molecule has 1 unspecified atom stereocenters. The number of nitro benzene ring substituents is 1. The van der Waals surface area contributed by atoms with Gasteiger partial charge in [-0.25, -0.2) is 8.42 Å². The van der Waals surface area contributed by atoms with Crippen LogP contribution in [-0.4, -0.2) is 74.2 Å². The van der Waals surface area contributed by atoms with Gasteiger partial charge in [0.1, 0.15) is 5.75 Å². The van der Waals surface area contributed by atoms with Crippen molar-refractivity contribution in [2.75, 3.05) is 44.7 Å². The lowest BCUT2D eigenvalue weighted by molar-refractivity contribution is -0.384. The number of para-hydroxylation sites is 2. The Balaban J connectivity index is 1.39. The summed E-state index contributed by atoms with van der Waals surface area (Å²) in [7, 11) is -2.32. The van der Waals surface area contributed by atoms with Crippen molar-refractivity contribution < 1.29 is 27.7 Å².